The molecule has 0 aliphatic heterocycles. The summed E-state index contributed by atoms with van der Waals surface area (Å²) in [5.74, 6) is 3.84. The van der Waals surface area contributed by atoms with Crippen LogP contribution in [0, 0.1) is 17.8 Å². The molecular formula is C24H29NO3. The van der Waals surface area contributed by atoms with Gasteiger partial charge in [0.25, 0.3) is 0 Å². The maximum Gasteiger partial charge on any atom is 0.220 e. The molecule has 3 atom stereocenters. The van der Waals surface area contributed by atoms with Gasteiger partial charge in [-0.3, -0.25) is 4.79 Å². The van der Waals surface area contributed by atoms with E-state index in [2.05, 4.69) is 5.32 Å². The minimum Gasteiger partial charge on any atom is -0.493 e. The summed E-state index contributed by atoms with van der Waals surface area (Å²) < 4.78 is 11.4. The predicted molar refractivity (Wildman–Crippen MR) is 109 cm³/mol. The average molecular weight is 380 g/mol. The first kappa shape index (κ1) is 18.9. The fourth-order valence-corrected chi connectivity index (χ4v) is 4.81. The zero-order chi connectivity index (χ0) is 19.3. The van der Waals surface area contributed by atoms with Gasteiger partial charge in [0, 0.05) is 13.0 Å². The predicted octanol–water partition coefficient (Wildman–Crippen LogP) is 4.72. The first-order valence-corrected chi connectivity index (χ1v) is 10.3. The van der Waals surface area contributed by atoms with Crippen LogP contribution in [-0.2, 0) is 17.9 Å². The molecular weight excluding hydrogens is 350 g/mol. The molecule has 2 aliphatic carbocycles. The highest BCUT2D eigenvalue weighted by Gasteiger charge is 2.39. The van der Waals surface area contributed by atoms with Crippen LogP contribution in [0.1, 0.15) is 43.2 Å². The van der Waals surface area contributed by atoms with E-state index in [1.54, 1.807) is 7.11 Å². The molecule has 4 heteroatoms. The molecule has 28 heavy (non-hydrogen) atoms. The average Bonchev–Trinajstić information content (AvgIpc) is 3.35. The van der Waals surface area contributed by atoms with Crippen molar-refractivity contribution in [2.75, 3.05) is 7.11 Å². The van der Waals surface area contributed by atoms with Crippen molar-refractivity contribution in [3.63, 3.8) is 0 Å². The quantitative estimate of drug-likeness (QED) is 0.722. The number of amides is 1. The SMILES string of the molecule is COc1cc(CNC(=O)C[C@H]2C[C@H]3CC[C@@H]2C3)ccc1OCc1ccccc1. The van der Waals surface area contributed by atoms with Crippen LogP contribution in [0.2, 0.25) is 0 Å². The van der Waals surface area contributed by atoms with Gasteiger partial charge in [-0.25, -0.2) is 0 Å². The van der Waals surface area contributed by atoms with E-state index < -0.39 is 0 Å². The van der Waals surface area contributed by atoms with E-state index in [1.807, 2.05) is 48.5 Å². The third kappa shape index (κ3) is 4.49. The molecule has 0 saturated heterocycles. The van der Waals surface area contributed by atoms with Crippen LogP contribution in [-0.4, -0.2) is 13.0 Å². The Hall–Kier alpha value is -2.49. The molecule has 2 bridgehead atoms. The van der Waals surface area contributed by atoms with E-state index >= 15 is 0 Å². The van der Waals surface area contributed by atoms with Gasteiger partial charge in [0.05, 0.1) is 7.11 Å². The van der Waals surface area contributed by atoms with E-state index in [1.165, 1.54) is 25.7 Å². The second-order valence-corrected chi connectivity index (χ2v) is 8.18. The van der Waals surface area contributed by atoms with Crippen molar-refractivity contribution in [1.29, 1.82) is 0 Å². The van der Waals surface area contributed by atoms with Gasteiger partial charge in [0.15, 0.2) is 11.5 Å². The Morgan fingerprint density at radius 2 is 1.89 bits per heavy atom. The van der Waals surface area contributed by atoms with Crippen LogP contribution in [0.15, 0.2) is 48.5 Å². The van der Waals surface area contributed by atoms with Crippen LogP contribution in [0.4, 0.5) is 0 Å². The topological polar surface area (TPSA) is 47.6 Å². The van der Waals surface area contributed by atoms with Crippen LogP contribution < -0.4 is 14.8 Å². The van der Waals surface area contributed by atoms with E-state index in [4.69, 9.17) is 9.47 Å². The zero-order valence-electron chi connectivity index (χ0n) is 16.5. The summed E-state index contributed by atoms with van der Waals surface area (Å²) >= 11 is 0. The largest absolute Gasteiger partial charge is 0.493 e. The number of nitrogens with one attached hydrogen (secondary N) is 1. The van der Waals surface area contributed by atoms with Gasteiger partial charge in [-0.15, -0.1) is 0 Å². The third-order valence-corrected chi connectivity index (χ3v) is 6.29. The number of ether oxygens (including phenoxy) is 2. The lowest BCUT2D eigenvalue weighted by molar-refractivity contribution is -0.122. The van der Waals surface area contributed by atoms with Crippen molar-refractivity contribution in [2.24, 2.45) is 17.8 Å². The summed E-state index contributed by atoms with van der Waals surface area (Å²) in [6.45, 7) is 1.02. The van der Waals surface area contributed by atoms with Gasteiger partial charge in [-0.1, -0.05) is 42.8 Å². The Kier molecular flexibility index (Phi) is 5.84. The summed E-state index contributed by atoms with van der Waals surface area (Å²) in [4.78, 5) is 12.4. The van der Waals surface area contributed by atoms with Crippen molar-refractivity contribution in [2.45, 2.75) is 45.3 Å². The van der Waals surface area contributed by atoms with Crippen molar-refractivity contribution >= 4 is 5.91 Å². The Labute approximate surface area is 167 Å². The van der Waals surface area contributed by atoms with Gasteiger partial charge in [-0.2, -0.15) is 0 Å². The Morgan fingerprint density at radius 1 is 1.04 bits per heavy atom. The normalized spacial score (nSPS) is 22.8. The second kappa shape index (κ2) is 8.68. The highest BCUT2D eigenvalue weighted by atomic mass is 16.5. The Morgan fingerprint density at radius 3 is 2.61 bits per heavy atom. The summed E-state index contributed by atoms with van der Waals surface area (Å²) in [6, 6.07) is 15.9. The molecule has 1 N–H and O–H groups in total. The molecule has 0 unspecified atom stereocenters. The first-order chi connectivity index (χ1) is 13.7. The highest BCUT2D eigenvalue weighted by molar-refractivity contribution is 5.76. The second-order valence-electron chi connectivity index (χ2n) is 8.18. The lowest BCUT2D eigenvalue weighted by Crippen LogP contribution is -2.26. The molecule has 0 radical (unpaired) electrons. The molecule has 1 amide bonds. The molecule has 2 saturated carbocycles. The molecule has 2 aromatic rings. The number of methoxy groups -OCH3 is 1. The molecule has 0 spiro atoms. The fourth-order valence-electron chi connectivity index (χ4n) is 4.81. The van der Waals surface area contributed by atoms with E-state index in [0.29, 0.717) is 37.0 Å². The third-order valence-electron chi connectivity index (χ3n) is 6.29. The van der Waals surface area contributed by atoms with Crippen molar-refractivity contribution in [3.8, 4) is 11.5 Å². The fraction of sp³-hybridized carbons (Fsp3) is 0.458. The van der Waals surface area contributed by atoms with E-state index in [9.17, 15) is 4.79 Å². The molecule has 4 rings (SSSR count). The minimum absolute atomic E-state index is 0.168. The Bertz CT molecular complexity index is 805. The maximum atomic E-state index is 12.4. The van der Waals surface area contributed by atoms with Gasteiger partial charge >= 0.3 is 0 Å². The maximum absolute atomic E-state index is 12.4. The van der Waals surface area contributed by atoms with Crippen LogP contribution >= 0.6 is 0 Å². The van der Waals surface area contributed by atoms with Crippen LogP contribution in [0.5, 0.6) is 11.5 Å². The number of fused-ring (bicyclic) bond motifs is 2. The molecule has 2 aliphatic rings. The zero-order valence-corrected chi connectivity index (χ0v) is 16.5. The van der Waals surface area contributed by atoms with Gasteiger partial charge in [0.1, 0.15) is 6.61 Å². The summed E-state index contributed by atoms with van der Waals surface area (Å²) in [6.07, 6.45) is 5.97. The number of carbonyl (C=O) groups excluding carboxylic acids is 1. The van der Waals surface area contributed by atoms with Crippen LogP contribution in [0.25, 0.3) is 0 Å². The standard InChI is InChI=1S/C24H29NO3/c1-27-23-13-19(8-10-22(23)28-16-17-5-3-2-4-6-17)15-25-24(26)14-21-12-18-7-9-20(21)11-18/h2-6,8,10,13,18,20-21H,7,9,11-12,14-16H2,1H3,(H,25,26)/t18-,20+,21+/m0/s1. The lowest BCUT2D eigenvalue weighted by Gasteiger charge is -2.21. The monoisotopic (exact) mass is 379 g/mol. The number of rotatable bonds is 8. The highest BCUT2D eigenvalue weighted by Crippen LogP contribution is 2.49. The van der Waals surface area contributed by atoms with E-state index in [0.717, 1.165) is 23.0 Å². The van der Waals surface area contributed by atoms with E-state index in [-0.39, 0.29) is 5.91 Å². The molecule has 0 heterocycles. The lowest BCUT2D eigenvalue weighted by atomic mass is 9.86. The summed E-state index contributed by atoms with van der Waals surface area (Å²) in [7, 11) is 1.64. The van der Waals surface area contributed by atoms with Crippen LogP contribution in [0.3, 0.4) is 0 Å². The minimum atomic E-state index is 0.168. The van der Waals surface area contributed by atoms with Crippen molar-refractivity contribution in [1.82, 2.24) is 5.32 Å². The molecule has 2 aromatic carbocycles. The molecule has 148 valence electrons. The van der Waals surface area contributed by atoms with Gasteiger partial charge in [-0.05, 0) is 60.3 Å². The van der Waals surface area contributed by atoms with Gasteiger partial charge < -0.3 is 14.8 Å². The number of carbonyl (C=O) groups is 1. The number of hydrogen-bond acceptors (Lipinski definition) is 3. The summed E-state index contributed by atoms with van der Waals surface area (Å²) in [5, 5.41) is 3.08. The van der Waals surface area contributed by atoms with Crippen molar-refractivity contribution in [3.05, 3.63) is 59.7 Å². The molecule has 2 fully saturated rings. The Balaban J connectivity index is 1.29. The van der Waals surface area contributed by atoms with Gasteiger partial charge in [0.2, 0.25) is 5.91 Å². The first-order valence-electron chi connectivity index (χ1n) is 10.3. The number of benzene rings is 2. The summed E-state index contributed by atoms with van der Waals surface area (Å²) in [5.41, 5.74) is 2.13. The van der Waals surface area contributed by atoms with Crippen molar-refractivity contribution < 1.29 is 14.3 Å². The molecule has 0 aromatic heterocycles. The smallest absolute Gasteiger partial charge is 0.220 e. The number of hydrogen-bond donors (Lipinski definition) is 1. The molecule has 4 nitrogen and oxygen atoms in total.